The maximum absolute atomic E-state index is 12.4. The van der Waals surface area contributed by atoms with E-state index in [0.29, 0.717) is 25.0 Å². The van der Waals surface area contributed by atoms with Crippen LogP contribution in [0, 0.1) is 12.8 Å². The van der Waals surface area contributed by atoms with Gasteiger partial charge in [0.15, 0.2) is 5.69 Å². The number of hydrogen-bond acceptors (Lipinski definition) is 4. The van der Waals surface area contributed by atoms with E-state index in [1.807, 2.05) is 24.3 Å². The number of hydrogen-bond donors (Lipinski definition) is 2. The number of nitrogens with one attached hydrogen (secondary N) is 1. The van der Waals surface area contributed by atoms with Gasteiger partial charge in [-0.3, -0.25) is 9.59 Å². The Morgan fingerprint density at radius 3 is 2.83 bits per heavy atom. The summed E-state index contributed by atoms with van der Waals surface area (Å²) in [6, 6.07) is 7.42. The lowest BCUT2D eigenvalue weighted by Gasteiger charge is -2.11. The third-order valence-electron chi connectivity index (χ3n) is 4.28. The summed E-state index contributed by atoms with van der Waals surface area (Å²) in [5.74, 6) is -1.50. The zero-order chi connectivity index (χ0) is 17.3. The van der Waals surface area contributed by atoms with Crippen molar-refractivity contribution in [2.45, 2.75) is 32.2 Å². The number of carboxylic acids is 1. The van der Waals surface area contributed by atoms with Crippen molar-refractivity contribution in [1.29, 1.82) is 0 Å². The van der Waals surface area contributed by atoms with Crippen molar-refractivity contribution in [2.75, 3.05) is 0 Å². The number of benzene rings is 1. The van der Waals surface area contributed by atoms with Crippen LogP contribution in [0.1, 0.15) is 35.4 Å². The fraction of sp³-hybridized carbons (Fsp3) is 0.375. The highest BCUT2D eigenvalue weighted by molar-refractivity contribution is 9.10. The van der Waals surface area contributed by atoms with Crippen LogP contribution in [-0.4, -0.2) is 38.0 Å². The summed E-state index contributed by atoms with van der Waals surface area (Å²) in [6.07, 6.45) is 1.71. The van der Waals surface area contributed by atoms with E-state index in [-0.39, 0.29) is 23.6 Å². The molecule has 1 aromatic heterocycles. The van der Waals surface area contributed by atoms with Crippen LogP contribution >= 0.6 is 15.9 Å². The van der Waals surface area contributed by atoms with Gasteiger partial charge >= 0.3 is 5.97 Å². The number of halogens is 1. The first kappa shape index (κ1) is 16.6. The van der Waals surface area contributed by atoms with E-state index in [0.717, 1.165) is 10.2 Å². The molecule has 7 nitrogen and oxygen atoms in total. The van der Waals surface area contributed by atoms with Crippen molar-refractivity contribution in [3.05, 3.63) is 40.1 Å². The van der Waals surface area contributed by atoms with Crippen LogP contribution in [0.5, 0.6) is 0 Å². The van der Waals surface area contributed by atoms with Crippen LogP contribution in [-0.2, 0) is 4.79 Å². The summed E-state index contributed by atoms with van der Waals surface area (Å²) in [5, 5.41) is 19.9. The van der Waals surface area contributed by atoms with Crippen molar-refractivity contribution in [3.8, 4) is 5.69 Å². The van der Waals surface area contributed by atoms with E-state index in [2.05, 4.69) is 31.6 Å². The number of carboxylic acid groups (broad SMARTS) is 1. The molecule has 1 aliphatic carbocycles. The van der Waals surface area contributed by atoms with Gasteiger partial charge in [-0.15, -0.1) is 5.10 Å². The zero-order valence-corrected chi connectivity index (χ0v) is 14.7. The number of nitrogens with zero attached hydrogens (tertiary/aromatic N) is 3. The average molecular weight is 393 g/mol. The molecule has 0 radical (unpaired) electrons. The predicted molar refractivity (Wildman–Crippen MR) is 90.0 cm³/mol. The quantitative estimate of drug-likeness (QED) is 0.831. The number of rotatable bonds is 4. The molecule has 2 atom stereocenters. The van der Waals surface area contributed by atoms with Crippen LogP contribution in [0.2, 0.25) is 0 Å². The molecule has 1 fully saturated rings. The molecule has 3 rings (SSSR count). The molecule has 0 bridgehead atoms. The first-order valence-corrected chi connectivity index (χ1v) is 8.47. The Labute approximate surface area is 147 Å². The van der Waals surface area contributed by atoms with Crippen molar-refractivity contribution in [3.63, 3.8) is 0 Å². The van der Waals surface area contributed by atoms with Crippen molar-refractivity contribution < 1.29 is 14.7 Å². The fourth-order valence-corrected chi connectivity index (χ4v) is 3.37. The van der Waals surface area contributed by atoms with Gasteiger partial charge in [0.2, 0.25) is 0 Å². The van der Waals surface area contributed by atoms with Crippen molar-refractivity contribution in [2.24, 2.45) is 5.92 Å². The van der Waals surface area contributed by atoms with Gasteiger partial charge < -0.3 is 10.4 Å². The lowest BCUT2D eigenvalue weighted by molar-refractivity contribution is -0.141. The molecule has 24 heavy (non-hydrogen) atoms. The van der Waals surface area contributed by atoms with Gasteiger partial charge in [-0.2, -0.15) is 0 Å². The largest absolute Gasteiger partial charge is 0.481 e. The molecule has 1 aliphatic rings. The SMILES string of the molecule is Cc1c(C(=O)N[C@@H]2CC[C@H](C(=O)O)C2)nnn1-c1cccc(Br)c1. The lowest BCUT2D eigenvalue weighted by atomic mass is 10.1. The third-order valence-corrected chi connectivity index (χ3v) is 4.77. The molecule has 1 saturated carbocycles. The Bertz CT molecular complexity index is 789. The van der Waals surface area contributed by atoms with Crippen LogP contribution < -0.4 is 5.32 Å². The second kappa shape index (κ2) is 6.72. The molecule has 2 N–H and O–H groups in total. The fourth-order valence-electron chi connectivity index (χ4n) is 2.98. The summed E-state index contributed by atoms with van der Waals surface area (Å²) >= 11 is 3.41. The molecule has 0 spiro atoms. The van der Waals surface area contributed by atoms with E-state index in [9.17, 15) is 9.59 Å². The number of carbonyl (C=O) groups is 2. The zero-order valence-electron chi connectivity index (χ0n) is 13.1. The first-order valence-electron chi connectivity index (χ1n) is 7.67. The summed E-state index contributed by atoms with van der Waals surface area (Å²) < 4.78 is 2.51. The Morgan fingerprint density at radius 1 is 1.38 bits per heavy atom. The third kappa shape index (κ3) is 3.33. The van der Waals surface area contributed by atoms with E-state index < -0.39 is 5.97 Å². The molecule has 2 aromatic rings. The summed E-state index contributed by atoms with van der Waals surface area (Å²) in [6.45, 7) is 1.78. The molecule has 126 valence electrons. The predicted octanol–water partition coefficient (Wildman–Crippen LogP) is 2.32. The minimum absolute atomic E-state index is 0.131. The molecule has 1 aromatic carbocycles. The molecule has 8 heteroatoms. The summed E-state index contributed by atoms with van der Waals surface area (Å²) in [4.78, 5) is 23.4. The summed E-state index contributed by atoms with van der Waals surface area (Å²) in [7, 11) is 0. The molecular formula is C16H17BrN4O3. The molecule has 0 unspecified atom stereocenters. The molecule has 1 amide bonds. The van der Waals surface area contributed by atoms with Gasteiger partial charge in [0.05, 0.1) is 17.3 Å². The number of aromatic nitrogens is 3. The van der Waals surface area contributed by atoms with E-state index >= 15 is 0 Å². The lowest BCUT2D eigenvalue weighted by Crippen LogP contribution is -2.34. The minimum atomic E-state index is -0.802. The standard InChI is InChI=1S/C16H17BrN4O3/c1-9-14(15(22)18-12-6-5-10(7-12)16(23)24)19-20-21(9)13-4-2-3-11(17)8-13/h2-4,8,10,12H,5-7H2,1H3,(H,18,22)(H,23,24)/t10-,12+/m0/s1. The maximum Gasteiger partial charge on any atom is 0.306 e. The number of aliphatic carboxylic acids is 1. The van der Waals surface area contributed by atoms with Gasteiger partial charge in [0.1, 0.15) is 0 Å². The number of amides is 1. The smallest absolute Gasteiger partial charge is 0.306 e. The number of carbonyl (C=O) groups excluding carboxylic acids is 1. The van der Waals surface area contributed by atoms with Crippen LogP contribution in [0.15, 0.2) is 28.7 Å². The second-order valence-corrected chi connectivity index (χ2v) is 6.85. The highest BCUT2D eigenvalue weighted by Gasteiger charge is 2.31. The van der Waals surface area contributed by atoms with Crippen LogP contribution in [0.25, 0.3) is 5.69 Å². The Morgan fingerprint density at radius 2 is 2.17 bits per heavy atom. The topological polar surface area (TPSA) is 97.1 Å². The molecule has 0 aliphatic heterocycles. The van der Waals surface area contributed by atoms with Crippen molar-refractivity contribution in [1.82, 2.24) is 20.3 Å². The van der Waals surface area contributed by atoms with E-state index in [4.69, 9.17) is 5.11 Å². The minimum Gasteiger partial charge on any atom is -0.481 e. The summed E-state index contributed by atoms with van der Waals surface area (Å²) in [5.41, 5.74) is 1.70. The normalized spacial score (nSPS) is 20.1. The van der Waals surface area contributed by atoms with E-state index in [1.54, 1.807) is 11.6 Å². The molecule has 0 saturated heterocycles. The van der Waals surface area contributed by atoms with Gasteiger partial charge in [-0.1, -0.05) is 27.2 Å². The maximum atomic E-state index is 12.4. The van der Waals surface area contributed by atoms with Crippen LogP contribution in [0.3, 0.4) is 0 Å². The average Bonchev–Trinajstić information content (AvgIpc) is 3.14. The Hall–Kier alpha value is -2.22. The van der Waals surface area contributed by atoms with Crippen molar-refractivity contribution >= 4 is 27.8 Å². The van der Waals surface area contributed by atoms with E-state index in [1.165, 1.54) is 0 Å². The second-order valence-electron chi connectivity index (χ2n) is 5.93. The van der Waals surface area contributed by atoms with Gasteiger partial charge in [0, 0.05) is 10.5 Å². The Kier molecular flexibility index (Phi) is 4.66. The highest BCUT2D eigenvalue weighted by Crippen LogP contribution is 2.26. The first-order chi connectivity index (χ1) is 11.5. The van der Waals surface area contributed by atoms with Crippen LogP contribution in [0.4, 0.5) is 0 Å². The van der Waals surface area contributed by atoms with Gasteiger partial charge in [0.25, 0.3) is 5.91 Å². The molecular weight excluding hydrogens is 376 g/mol. The monoisotopic (exact) mass is 392 g/mol. The van der Waals surface area contributed by atoms with Gasteiger partial charge in [-0.05, 0) is 44.4 Å². The molecule has 1 heterocycles. The Balaban J connectivity index is 1.74. The highest BCUT2D eigenvalue weighted by atomic mass is 79.9. The van der Waals surface area contributed by atoms with Gasteiger partial charge in [-0.25, -0.2) is 4.68 Å².